The number of aryl methyl sites for hydroxylation is 1. The Morgan fingerprint density at radius 1 is 1.31 bits per heavy atom. The molecule has 1 aromatic rings. The van der Waals surface area contributed by atoms with Crippen molar-refractivity contribution in [2.75, 3.05) is 13.6 Å². The van der Waals surface area contributed by atoms with Gasteiger partial charge in [0, 0.05) is 23.3 Å². The molecular weight excluding hydrogens is 222 g/mol. The Kier molecular flexibility index (Phi) is 4.78. The van der Waals surface area contributed by atoms with E-state index < -0.39 is 0 Å². The quantitative estimate of drug-likeness (QED) is 0.401. The number of nitrogens with one attached hydrogen (secondary N) is 5. The fourth-order valence-corrected chi connectivity index (χ4v) is 2.05. The summed E-state index contributed by atoms with van der Waals surface area (Å²) < 4.78 is 0. The van der Waals surface area contributed by atoms with E-state index >= 15 is 0 Å². The van der Waals surface area contributed by atoms with Crippen molar-refractivity contribution < 1.29 is 0 Å². The zero-order valence-electron chi connectivity index (χ0n) is 9.48. The first kappa shape index (κ1) is 12.5. The number of rotatable bonds is 3. The van der Waals surface area contributed by atoms with E-state index in [0.29, 0.717) is 6.54 Å². The second-order valence-corrected chi connectivity index (χ2v) is 4.69. The van der Waals surface area contributed by atoms with Crippen LogP contribution in [-0.4, -0.2) is 25.5 Å². The van der Waals surface area contributed by atoms with Gasteiger partial charge < -0.3 is 10.6 Å². The Hall–Kier alpha value is -1.56. The molecule has 0 spiro atoms. The zero-order chi connectivity index (χ0) is 12.0. The lowest BCUT2D eigenvalue weighted by molar-refractivity contribution is 0.846. The zero-order valence-corrected chi connectivity index (χ0v) is 10.3. The highest BCUT2D eigenvalue weighted by atomic mass is 32.1. The smallest absolute Gasteiger partial charge is 0.195 e. The van der Waals surface area contributed by atoms with Gasteiger partial charge in [-0.25, -0.2) is 0 Å². The van der Waals surface area contributed by atoms with Crippen LogP contribution in [0.3, 0.4) is 0 Å². The fourth-order valence-electron chi connectivity index (χ4n) is 1.16. The number of hydrogen-bond donors (Lipinski definition) is 5. The molecule has 0 aliphatic heterocycles. The third-order valence-corrected chi connectivity index (χ3v) is 3.03. The molecule has 0 aliphatic carbocycles. The van der Waals surface area contributed by atoms with Crippen molar-refractivity contribution in [1.82, 2.24) is 16.0 Å². The number of guanidine groups is 2. The summed E-state index contributed by atoms with van der Waals surface area (Å²) in [4.78, 5) is 2.61. The van der Waals surface area contributed by atoms with E-state index in [0.717, 1.165) is 6.42 Å². The van der Waals surface area contributed by atoms with E-state index in [1.165, 1.54) is 9.75 Å². The lowest BCUT2D eigenvalue weighted by Crippen LogP contribution is -2.45. The molecule has 0 saturated heterocycles. The van der Waals surface area contributed by atoms with Crippen molar-refractivity contribution >= 4 is 23.3 Å². The second-order valence-electron chi connectivity index (χ2n) is 3.31. The molecule has 6 heteroatoms. The Labute approximate surface area is 99.3 Å². The maximum absolute atomic E-state index is 7.49. The molecule has 88 valence electrons. The lowest BCUT2D eigenvalue weighted by atomic mass is 10.3. The van der Waals surface area contributed by atoms with Gasteiger partial charge in [-0.05, 0) is 25.5 Å². The molecule has 1 rings (SSSR count). The summed E-state index contributed by atoms with van der Waals surface area (Å²) in [5, 5.41) is 22.8. The topological polar surface area (TPSA) is 83.8 Å². The van der Waals surface area contributed by atoms with Crippen molar-refractivity contribution in [2.24, 2.45) is 0 Å². The van der Waals surface area contributed by atoms with Crippen LogP contribution in [0.5, 0.6) is 0 Å². The predicted octanol–water partition coefficient (Wildman–Crippen LogP) is 0.867. The first-order chi connectivity index (χ1) is 7.61. The lowest BCUT2D eigenvalue weighted by Gasteiger charge is -2.09. The Bertz CT molecular complexity index is 371. The van der Waals surface area contributed by atoms with E-state index in [4.69, 9.17) is 10.8 Å². The second kappa shape index (κ2) is 6.12. The summed E-state index contributed by atoms with van der Waals surface area (Å²) in [5.41, 5.74) is 0. The molecular formula is C10H17N5S. The third kappa shape index (κ3) is 4.31. The number of hydrogen-bond acceptors (Lipinski definition) is 3. The Morgan fingerprint density at radius 2 is 2.06 bits per heavy atom. The summed E-state index contributed by atoms with van der Waals surface area (Å²) in [5.74, 6) is 0.261. The maximum atomic E-state index is 7.49. The van der Waals surface area contributed by atoms with Gasteiger partial charge >= 0.3 is 0 Å². The Morgan fingerprint density at radius 3 is 2.62 bits per heavy atom. The largest absolute Gasteiger partial charge is 0.359 e. The standard InChI is InChI=1S/C10H17N5S/c1-7-3-4-8(16-7)5-6-14-10(12)15-9(11)13-2/h3-4H,5-6H2,1-2H3,(H5,11,12,13,14,15). The SMILES string of the molecule is CNC(=N)NC(=N)NCCc1ccc(C)s1. The van der Waals surface area contributed by atoms with Crippen molar-refractivity contribution in [3.8, 4) is 0 Å². The van der Waals surface area contributed by atoms with Gasteiger partial charge in [0.2, 0.25) is 0 Å². The minimum absolute atomic E-state index is 0.115. The van der Waals surface area contributed by atoms with E-state index in [9.17, 15) is 0 Å². The van der Waals surface area contributed by atoms with Crippen LogP contribution in [0.15, 0.2) is 12.1 Å². The molecule has 0 aromatic carbocycles. The van der Waals surface area contributed by atoms with Crippen molar-refractivity contribution in [1.29, 1.82) is 10.8 Å². The third-order valence-electron chi connectivity index (χ3n) is 1.97. The molecule has 0 bridgehead atoms. The van der Waals surface area contributed by atoms with Crippen molar-refractivity contribution in [2.45, 2.75) is 13.3 Å². The highest BCUT2D eigenvalue weighted by Gasteiger charge is 1.99. The van der Waals surface area contributed by atoms with Gasteiger partial charge in [-0.15, -0.1) is 11.3 Å². The highest BCUT2D eigenvalue weighted by Crippen LogP contribution is 2.14. The molecule has 0 fully saturated rings. The molecule has 5 N–H and O–H groups in total. The van der Waals surface area contributed by atoms with Crippen molar-refractivity contribution in [3.05, 3.63) is 21.9 Å². The van der Waals surface area contributed by atoms with Gasteiger partial charge in [-0.1, -0.05) is 0 Å². The molecule has 5 nitrogen and oxygen atoms in total. The van der Waals surface area contributed by atoms with Crippen LogP contribution in [0.4, 0.5) is 0 Å². The van der Waals surface area contributed by atoms with Crippen LogP contribution in [0.25, 0.3) is 0 Å². The molecule has 1 aromatic heterocycles. The van der Waals surface area contributed by atoms with Crippen LogP contribution >= 0.6 is 11.3 Å². The molecule has 0 saturated carbocycles. The van der Waals surface area contributed by atoms with Crippen LogP contribution in [-0.2, 0) is 6.42 Å². The van der Waals surface area contributed by atoms with E-state index in [-0.39, 0.29) is 11.9 Å². The first-order valence-electron chi connectivity index (χ1n) is 5.03. The summed E-state index contributed by atoms with van der Waals surface area (Å²) in [7, 11) is 1.64. The Balaban J connectivity index is 2.20. The van der Waals surface area contributed by atoms with E-state index in [1.807, 2.05) is 0 Å². The average Bonchev–Trinajstić information content (AvgIpc) is 2.64. The van der Waals surface area contributed by atoms with Gasteiger partial charge in [-0.3, -0.25) is 16.1 Å². The average molecular weight is 239 g/mol. The fraction of sp³-hybridized carbons (Fsp3) is 0.400. The van der Waals surface area contributed by atoms with E-state index in [2.05, 4.69) is 35.0 Å². The van der Waals surface area contributed by atoms with Crippen molar-refractivity contribution in [3.63, 3.8) is 0 Å². The van der Waals surface area contributed by atoms with Crippen LogP contribution in [0, 0.1) is 17.7 Å². The van der Waals surface area contributed by atoms with Gasteiger partial charge in [0.1, 0.15) is 0 Å². The monoisotopic (exact) mass is 239 g/mol. The summed E-state index contributed by atoms with van der Waals surface area (Å²) >= 11 is 1.77. The predicted molar refractivity (Wildman–Crippen MR) is 68.4 cm³/mol. The van der Waals surface area contributed by atoms with Crippen LogP contribution in [0.1, 0.15) is 9.75 Å². The molecule has 0 atom stereocenters. The van der Waals surface area contributed by atoms with Crippen LogP contribution < -0.4 is 16.0 Å². The molecule has 16 heavy (non-hydrogen) atoms. The van der Waals surface area contributed by atoms with E-state index in [1.54, 1.807) is 18.4 Å². The first-order valence-corrected chi connectivity index (χ1v) is 5.84. The summed E-state index contributed by atoms with van der Waals surface area (Å²) in [6, 6.07) is 4.20. The maximum Gasteiger partial charge on any atom is 0.195 e. The molecule has 0 aliphatic rings. The normalized spacial score (nSPS) is 9.62. The van der Waals surface area contributed by atoms with Gasteiger partial charge in [0.25, 0.3) is 0 Å². The summed E-state index contributed by atoms with van der Waals surface area (Å²) in [6.07, 6.45) is 0.898. The molecule has 0 amide bonds. The molecule has 0 unspecified atom stereocenters. The summed E-state index contributed by atoms with van der Waals surface area (Å²) in [6.45, 7) is 2.78. The number of thiophene rings is 1. The minimum atomic E-state index is 0.115. The molecule has 1 heterocycles. The van der Waals surface area contributed by atoms with Crippen LogP contribution in [0.2, 0.25) is 0 Å². The van der Waals surface area contributed by atoms with Gasteiger partial charge in [-0.2, -0.15) is 0 Å². The minimum Gasteiger partial charge on any atom is -0.359 e. The van der Waals surface area contributed by atoms with Gasteiger partial charge in [0.05, 0.1) is 0 Å². The van der Waals surface area contributed by atoms with Gasteiger partial charge in [0.15, 0.2) is 11.9 Å². The highest BCUT2D eigenvalue weighted by molar-refractivity contribution is 7.11. The molecule has 0 radical (unpaired) electrons.